The van der Waals surface area contributed by atoms with Crippen LogP contribution in [0.4, 0.5) is 0 Å². The van der Waals surface area contributed by atoms with Crippen molar-refractivity contribution >= 4 is 0 Å². The van der Waals surface area contributed by atoms with Crippen LogP contribution in [0.3, 0.4) is 0 Å². The summed E-state index contributed by atoms with van der Waals surface area (Å²) in [4.78, 5) is 0. The van der Waals surface area contributed by atoms with Crippen molar-refractivity contribution in [3.63, 3.8) is 0 Å². The number of hydrogen-bond donors (Lipinski definition) is 1. The second kappa shape index (κ2) is 5.66. The molecule has 0 bridgehead atoms. The molecule has 1 aromatic carbocycles. The van der Waals surface area contributed by atoms with Crippen molar-refractivity contribution in [3.8, 4) is 0 Å². The third kappa shape index (κ3) is 3.60. The predicted molar refractivity (Wildman–Crippen MR) is 81.2 cm³/mol. The molecule has 1 aliphatic carbocycles. The predicted octanol–water partition coefficient (Wildman–Crippen LogP) is 4.73. The van der Waals surface area contributed by atoms with Gasteiger partial charge in [0, 0.05) is 0 Å². The molecule has 1 heteroatoms. The Kier molecular flexibility index (Phi) is 4.35. The van der Waals surface area contributed by atoms with Gasteiger partial charge in [-0.1, -0.05) is 49.6 Å². The number of benzene rings is 1. The number of aryl methyl sites for hydroxylation is 2. The molecule has 2 atom stereocenters. The maximum absolute atomic E-state index is 11.1. The van der Waals surface area contributed by atoms with Crippen molar-refractivity contribution in [1.29, 1.82) is 0 Å². The van der Waals surface area contributed by atoms with Gasteiger partial charge in [0.05, 0.1) is 5.60 Å². The Hall–Kier alpha value is -0.820. The van der Waals surface area contributed by atoms with Crippen molar-refractivity contribution in [2.24, 2.45) is 11.8 Å². The first kappa shape index (κ1) is 14.6. The lowest BCUT2D eigenvalue weighted by Crippen LogP contribution is -2.33. The maximum atomic E-state index is 11.1. The van der Waals surface area contributed by atoms with E-state index in [1.807, 2.05) is 0 Å². The Labute approximate surface area is 118 Å². The molecule has 1 N–H and O–H groups in total. The average molecular weight is 260 g/mol. The molecule has 0 saturated heterocycles. The first-order valence-corrected chi connectivity index (χ1v) is 7.70. The zero-order valence-corrected chi connectivity index (χ0v) is 12.9. The molecule has 0 spiro atoms. The summed E-state index contributed by atoms with van der Waals surface area (Å²) in [5.74, 6) is 1.41. The van der Waals surface area contributed by atoms with Gasteiger partial charge in [0.25, 0.3) is 0 Å². The fourth-order valence-electron chi connectivity index (χ4n) is 3.74. The fraction of sp³-hybridized carbons (Fsp3) is 0.667. The molecule has 19 heavy (non-hydrogen) atoms. The second-order valence-electron chi connectivity index (χ2n) is 7.00. The number of hydrogen-bond acceptors (Lipinski definition) is 1. The summed E-state index contributed by atoms with van der Waals surface area (Å²) in [6.45, 7) is 8.80. The van der Waals surface area contributed by atoms with Crippen LogP contribution in [0, 0.1) is 25.7 Å². The molecule has 2 unspecified atom stereocenters. The minimum atomic E-state index is -0.589. The van der Waals surface area contributed by atoms with Crippen molar-refractivity contribution in [2.45, 2.75) is 65.4 Å². The van der Waals surface area contributed by atoms with E-state index in [-0.39, 0.29) is 0 Å². The largest absolute Gasteiger partial charge is 0.385 e. The fourth-order valence-corrected chi connectivity index (χ4v) is 3.74. The van der Waals surface area contributed by atoms with Crippen molar-refractivity contribution in [2.75, 3.05) is 0 Å². The highest BCUT2D eigenvalue weighted by Crippen LogP contribution is 2.42. The Morgan fingerprint density at radius 3 is 2.42 bits per heavy atom. The summed E-state index contributed by atoms with van der Waals surface area (Å²) < 4.78 is 0. The van der Waals surface area contributed by atoms with Gasteiger partial charge in [-0.25, -0.2) is 0 Å². The number of aliphatic hydroxyl groups is 1. The van der Waals surface area contributed by atoms with Gasteiger partial charge in [-0.2, -0.15) is 0 Å². The van der Waals surface area contributed by atoms with E-state index in [4.69, 9.17) is 0 Å². The van der Waals surface area contributed by atoms with Crippen LogP contribution < -0.4 is 0 Å². The third-order valence-electron chi connectivity index (χ3n) is 4.39. The topological polar surface area (TPSA) is 20.2 Å². The standard InChI is InChI=1S/C18H28O/c1-13(2)8-16-6-5-7-18(19,12-16)17-10-14(3)9-15(4)11-17/h9-11,13,16,19H,5-8,12H2,1-4H3. The van der Waals surface area contributed by atoms with Crippen molar-refractivity contribution in [1.82, 2.24) is 0 Å². The Morgan fingerprint density at radius 1 is 1.21 bits per heavy atom. The van der Waals surface area contributed by atoms with Crippen LogP contribution in [0.5, 0.6) is 0 Å². The van der Waals surface area contributed by atoms with E-state index in [1.165, 1.54) is 24.0 Å². The van der Waals surface area contributed by atoms with E-state index in [0.29, 0.717) is 5.92 Å². The molecule has 1 nitrogen and oxygen atoms in total. The molecular weight excluding hydrogens is 232 g/mol. The molecule has 0 aliphatic heterocycles. The molecule has 0 amide bonds. The monoisotopic (exact) mass is 260 g/mol. The minimum absolute atomic E-state index is 0.589. The summed E-state index contributed by atoms with van der Waals surface area (Å²) in [6.07, 6.45) is 5.54. The van der Waals surface area contributed by atoms with Gasteiger partial charge in [-0.3, -0.25) is 0 Å². The first-order valence-electron chi connectivity index (χ1n) is 7.70. The zero-order chi connectivity index (χ0) is 14.0. The highest BCUT2D eigenvalue weighted by molar-refractivity contribution is 5.32. The molecule has 106 valence electrons. The highest BCUT2D eigenvalue weighted by Gasteiger charge is 2.36. The van der Waals surface area contributed by atoms with Crippen LogP contribution in [0.25, 0.3) is 0 Å². The normalized spacial score (nSPS) is 27.8. The van der Waals surface area contributed by atoms with E-state index in [1.54, 1.807) is 0 Å². The van der Waals surface area contributed by atoms with E-state index in [2.05, 4.69) is 45.9 Å². The van der Waals surface area contributed by atoms with Gasteiger partial charge in [-0.15, -0.1) is 0 Å². The van der Waals surface area contributed by atoms with Crippen LogP contribution in [0.15, 0.2) is 18.2 Å². The van der Waals surface area contributed by atoms with Crippen molar-refractivity contribution < 1.29 is 5.11 Å². The second-order valence-corrected chi connectivity index (χ2v) is 7.00. The molecule has 0 aromatic heterocycles. The maximum Gasteiger partial charge on any atom is 0.0899 e. The summed E-state index contributed by atoms with van der Waals surface area (Å²) in [5, 5.41) is 11.1. The third-order valence-corrected chi connectivity index (χ3v) is 4.39. The Bertz CT molecular complexity index is 415. The number of rotatable bonds is 3. The minimum Gasteiger partial charge on any atom is -0.385 e. The smallest absolute Gasteiger partial charge is 0.0899 e. The van der Waals surface area contributed by atoms with E-state index in [9.17, 15) is 5.11 Å². The van der Waals surface area contributed by atoms with Crippen LogP contribution in [-0.2, 0) is 5.60 Å². The van der Waals surface area contributed by atoms with Crippen LogP contribution in [-0.4, -0.2) is 5.11 Å². The first-order chi connectivity index (χ1) is 8.89. The molecule has 2 rings (SSSR count). The SMILES string of the molecule is Cc1cc(C)cc(C2(O)CCCC(CC(C)C)C2)c1. The van der Waals surface area contributed by atoms with Gasteiger partial charge < -0.3 is 5.11 Å². The Morgan fingerprint density at radius 2 is 1.84 bits per heavy atom. The summed E-state index contributed by atoms with van der Waals surface area (Å²) in [6, 6.07) is 6.52. The van der Waals surface area contributed by atoms with E-state index in [0.717, 1.165) is 30.7 Å². The van der Waals surface area contributed by atoms with Crippen LogP contribution in [0.1, 0.15) is 62.6 Å². The molecule has 0 radical (unpaired) electrons. The summed E-state index contributed by atoms with van der Waals surface area (Å²) in [5.41, 5.74) is 3.07. The molecule has 1 fully saturated rings. The summed E-state index contributed by atoms with van der Waals surface area (Å²) in [7, 11) is 0. The van der Waals surface area contributed by atoms with Gasteiger partial charge >= 0.3 is 0 Å². The lowest BCUT2D eigenvalue weighted by Gasteiger charge is -2.38. The van der Waals surface area contributed by atoms with Gasteiger partial charge in [0.1, 0.15) is 0 Å². The molecule has 1 aromatic rings. The van der Waals surface area contributed by atoms with Gasteiger partial charge in [0.2, 0.25) is 0 Å². The zero-order valence-electron chi connectivity index (χ0n) is 12.9. The Balaban J connectivity index is 2.21. The lowest BCUT2D eigenvalue weighted by atomic mass is 9.72. The molecule has 0 heterocycles. The molecule has 1 saturated carbocycles. The lowest BCUT2D eigenvalue weighted by molar-refractivity contribution is -0.0245. The van der Waals surface area contributed by atoms with E-state index >= 15 is 0 Å². The van der Waals surface area contributed by atoms with Gasteiger partial charge in [0.15, 0.2) is 0 Å². The van der Waals surface area contributed by atoms with E-state index < -0.39 is 5.60 Å². The average Bonchev–Trinajstić information content (AvgIpc) is 2.26. The quantitative estimate of drug-likeness (QED) is 0.833. The van der Waals surface area contributed by atoms with Crippen LogP contribution >= 0.6 is 0 Å². The summed E-state index contributed by atoms with van der Waals surface area (Å²) >= 11 is 0. The van der Waals surface area contributed by atoms with Crippen molar-refractivity contribution in [3.05, 3.63) is 34.9 Å². The highest BCUT2D eigenvalue weighted by atomic mass is 16.3. The molecular formula is C18H28O. The molecule has 1 aliphatic rings. The van der Waals surface area contributed by atoms with Crippen LogP contribution in [0.2, 0.25) is 0 Å². The van der Waals surface area contributed by atoms with Gasteiger partial charge in [-0.05, 0) is 56.9 Å².